The van der Waals surface area contributed by atoms with Gasteiger partial charge in [0.25, 0.3) is 5.91 Å². The molecule has 2 heterocycles. The van der Waals surface area contributed by atoms with E-state index in [2.05, 4.69) is 0 Å². The molecule has 1 aromatic carbocycles. The predicted octanol–water partition coefficient (Wildman–Crippen LogP) is 2.17. The SMILES string of the molecule is O=C(c1cc2cc(F)ccc2o1)N1CCC[C@@H]1CO. The van der Waals surface area contributed by atoms with E-state index < -0.39 is 0 Å². The topological polar surface area (TPSA) is 53.7 Å². The fourth-order valence-corrected chi connectivity index (χ4v) is 2.55. The van der Waals surface area contributed by atoms with E-state index in [-0.39, 0.29) is 30.1 Å². The number of nitrogens with zero attached hydrogens (tertiary/aromatic N) is 1. The van der Waals surface area contributed by atoms with E-state index in [0.29, 0.717) is 17.5 Å². The number of halogens is 1. The van der Waals surface area contributed by atoms with Crippen molar-refractivity contribution in [3.8, 4) is 0 Å². The first-order chi connectivity index (χ1) is 9.19. The molecule has 1 aromatic heterocycles. The Morgan fingerprint density at radius 3 is 3.11 bits per heavy atom. The number of fused-ring (bicyclic) bond motifs is 1. The van der Waals surface area contributed by atoms with Gasteiger partial charge in [0.2, 0.25) is 0 Å². The van der Waals surface area contributed by atoms with Crippen LogP contribution in [0.25, 0.3) is 11.0 Å². The van der Waals surface area contributed by atoms with E-state index in [1.54, 1.807) is 11.0 Å². The lowest BCUT2D eigenvalue weighted by Gasteiger charge is -2.21. The van der Waals surface area contributed by atoms with Crippen molar-refractivity contribution in [2.24, 2.45) is 0 Å². The van der Waals surface area contributed by atoms with Crippen LogP contribution in [-0.2, 0) is 0 Å². The average molecular weight is 263 g/mol. The van der Waals surface area contributed by atoms with Crippen molar-refractivity contribution >= 4 is 16.9 Å². The average Bonchev–Trinajstić information content (AvgIpc) is 3.03. The Kier molecular flexibility index (Phi) is 2.98. The molecule has 1 fully saturated rings. The zero-order chi connectivity index (χ0) is 13.4. The second kappa shape index (κ2) is 4.66. The Labute approximate surface area is 109 Å². The standard InChI is InChI=1S/C14H14FNO3/c15-10-3-4-12-9(6-10)7-13(19-12)14(18)16-5-1-2-11(16)8-17/h3-4,6-7,11,17H,1-2,5,8H2/t11-/m1/s1. The van der Waals surface area contributed by atoms with Gasteiger partial charge in [-0.1, -0.05) is 0 Å². The molecule has 4 nitrogen and oxygen atoms in total. The summed E-state index contributed by atoms with van der Waals surface area (Å²) < 4.78 is 18.5. The van der Waals surface area contributed by atoms with Crippen LogP contribution in [0, 0.1) is 5.82 Å². The summed E-state index contributed by atoms with van der Waals surface area (Å²) in [6, 6.07) is 5.55. The van der Waals surface area contributed by atoms with Gasteiger partial charge >= 0.3 is 0 Å². The van der Waals surface area contributed by atoms with Gasteiger partial charge in [0.05, 0.1) is 12.6 Å². The molecule has 0 spiro atoms. The van der Waals surface area contributed by atoms with Gasteiger partial charge in [0, 0.05) is 11.9 Å². The maximum atomic E-state index is 13.1. The molecule has 1 atom stereocenters. The summed E-state index contributed by atoms with van der Waals surface area (Å²) >= 11 is 0. The molecule has 0 bridgehead atoms. The summed E-state index contributed by atoms with van der Waals surface area (Å²) in [5.74, 6) is -0.407. The van der Waals surface area contributed by atoms with Gasteiger partial charge in [-0.2, -0.15) is 0 Å². The second-order valence-electron chi connectivity index (χ2n) is 4.77. The molecule has 5 heteroatoms. The van der Waals surface area contributed by atoms with Gasteiger partial charge in [-0.25, -0.2) is 4.39 Å². The summed E-state index contributed by atoms with van der Waals surface area (Å²) in [5.41, 5.74) is 0.490. The fraction of sp³-hybridized carbons (Fsp3) is 0.357. The number of likely N-dealkylation sites (tertiary alicyclic amines) is 1. The van der Waals surface area contributed by atoms with Crippen LogP contribution in [0.5, 0.6) is 0 Å². The number of carbonyl (C=O) groups is 1. The number of hydrogen-bond donors (Lipinski definition) is 1. The van der Waals surface area contributed by atoms with Crippen molar-refractivity contribution in [3.05, 3.63) is 35.8 Å². The molecule has 1 aliphatic rings. The number of aliphatic hydroxyl groups is 1. The van der Waals surface area contributed by atoms with E-state index in [0.717, 1.165) is 12.8 Å². The molecule has 1 saturated heterocycles. The number of furan rings is 1. The minimum atomic E-state index is -0.360. The summed E-state index contributed by atoms with van der Waals surface area (Å²) in [4.78, 5) is 13.9. The van der Waals surface area contributed by atoms with Gasteiger partial charge in [-0.3, -0.25) is 4.79 Å². The maximum absolute atomic E-state index is 13.1. The Hall–Kier alpha value is -1.88. The van der Waals surface area contributed by atoms with Crippen LogP contribution < -0.4 is 0 Å². The number of hydrogen-bond acceptors (Lipinski definition) is 3. The van der Waals surface area contributed by atoms with Gasteiger partial charge in [0.15, 0.2) is 5.76 Å². The molecular weight excluding hydrogens is 249 g/mol. The van der Waals surface area contributed by atoms with E-state index >= 15 is 0 Å². The molecule has 100 valence electrons. The Balaban J connectivity index is 1.93. The highest BCUT2D eigenvalue weighted by molar-refractivity contribution is 5.96. The zero-order valence-electron chi connectivity index (χ0n) is 10.3. The minimum Gasteiger partial charge on any atom is -0.451 e. The first-order valence-corrected chi connectivity index (χ1v) is 6.30. The van der Waals surface area contributed by atoms with E-state index in [4.69, 9.17) is 4.42 Å². The van der Waals surface area contributed by atoms with Crippen LogP contribution in [0.2, 0.25) is 0 Å². The minimum absolute atomic E-state index is 0.0411. The van der Waals surface area contributed by atoms with Crippen LogP contribution >= 0.6 is 0 Å². The Bertz CT molecular complexity index is 622. The van der Waals surface area contributed by atoms with E-state index in [9.17, 15) is 14.3 Å². The van der Waals surface area contributed by atoms with Gasteiger partial charge in [0.1, 0.15) is 11.4 Å². The van der Waals surface area contributed by atoms with Crippen molar-refractivity contribution in [1.82, 2.24) is 4.90 Å². The van der Waals surface area contributed by atoms with E-state index in [1.807, 2.05) is 0 Å². The second-order valence-corrected chi connectivity index (χ2v) is 4.77. The molecule has 19 heavy (non-hydrogen) atoms. The lowest BCUT2D eigenvalue weighted by atomic mass is 10.2. The maximum Gasteiger partial charge on any atom is 0.289 e. The fourth-order valence-electron chi connectivity index (χ4n) is 2.55. The summed E-state index contributed by atoms with van der Waals surface area (Å²) in [5, 5.41) is 9.81. The molecule has 0 saturated carbocycles. The number of benzene rings is 1. The number of amides is 1. The van der Waals surface area contributed by atoms with Crippen LogP contribution in [0.3, 0.4) is 0 Å². The quantitative estimate of drug-likeness (QED) is 0.903. The van der Waals surface area contributed by atoms with E-state index in [1.165, 1.54) is 18.2 Å². The van der Waals surface area contributed by atoms with Gasteiger partial charge in [-0.05, 0) is 37.1 Å². The summed E-state index contributed by atoms with van der Waals surface area (Å²) in [6.45, 7) is 0.579. The van der Waals surface area contributed by atoms with Crippen LogP contribution in [-0.4, -0.2) is 35.1 Å². The molecule has 3 rings (SSSR count). The van der Waals surface area contributed by atoms with Crippen molar-refractivity contribution < 1.29 is 18.7 Å². The lowest BCUT2D eigenvalue weighted by Crippen LogP contribution is -2.37. The van der Waals surface area contributed by atoms with Crippen molar-refractivity contribution in [2.45, 2.75) is 18.9 Å². The number of carbonyl (C=O) groups excluding carboxylic acids is 1. The summed E-state index contributed by atoms with van der Waals surface area (Å²) in [7, 11) is 0. The summed E-state index contributed by atoms with van der Waals surface area (Å²) in [6.07, 6.45) is 1.68. The molecule has 0 radical (unpaired) electrons. The molecule has 1 amide bonds. The molecule has 1 aliphatic heterocycles. The lowest BCUT2D eigenvalue weighted by molar-refractivity contribution is 0.0648. The highest BCUT2D eigenvalue weighted by Gasteiger charge is 2.30. The predicted molar refractivity (Wildman–Crippen MR) is 67.3 cm³/mol. The highest BCUT2D eigenvalue weighted by atomic mass is 19.1. The van der Waals surface area contributed by atoms with Crippen LogP contribution in [0.15, 0.2) is 28.7 Å². The monoisotopic (exact) mass is 263 g/mol. The van der Waals surface area contributed by atoms with Crippen LogP contribution in [0.1, 0.15) is 23.4 Å². The molecule has 2 aromatic rings. The van der Waals surface area contributed by atoms with Gasteiger partial charge in [-0.15, -0.1) is 0 Å². The number of rotatable bonds is 2. The Morgan fingerprint density at radius 1 is 1.47 bits per heavy atom. The Morgan fingerprint density at radius 2 is 2.32 bits per heavy atom. The van der Waals surface area contributed by atoms with Crippen LogP contribution in [0.4, 0.5) is 4.39 Å². The third-order valence-electron chi connectivity index (χ3n) is 3.54. The largest absolute Gasteiger partial charge is 0.451 e. The van der Waals surface area contributed by atoms with Crippen molar-refractivity contribution in [1.29, 1.82) is 0 Å². The molecule has 1 N–H and O–H groups in total. The normalized spacial score (nSPS) is 19.3. The highest BCUT2D eigenvalue weighted by Crippen LogP contribution is 2.24. The van der Waals surface area contributed by atoms with Crippen molar-refractivity contribution in [2.75, 3.05) is 13.2 Å². The zero-order valence-corrected chi connectivity index (χ0v) is 10.3. The third-order valence-corrected chi connectivity index (χ3v) is 3.54. The number of aliphatic hydroxyl groups excluding tert-OH is 1. The molecular formula is C14H14FNO3. The molecule has 0 aliphatic carbocycles. The molecule has 0 unspecified atom stereocenters. The van der Waals surface area contributed by atoms with Gasteiger partial charge < -0.3 is 14.4 Å². The van der Waals surface area contributed by atoms with Crippen molar-refractivity contribution in [3.63, 3.8) is 0 Å². The first-order valence-electron chi connectivity index (χ1n) is 6.30. The third kappa shape index (κ3) is 2.10. The first kappa shape index (κ1) is 12.2. The smallest absolute Gasteiger partial charge is 0.289 e.